The molecule has 0 atom stereocenters. The van der Waals surface area contributed by atoms with Crippen LogP contribution in [0.2, 0.25) is 0 Å². The van der Waals surface area contributed by atoms with Crippen molar-refractivity contribution in [1.29, 1.82) is 0 Å². The zero-order valence-electron chi connectivity index (χ0n) is 10.7. The second-order valence-corrected chi connectivity index (χ2v) is 6.53. The van der Waals surface area contributed by atoms with Crippen LogP contribution in [-0.2, 0) is 0 Å². The van der Waals surface area contributed by atoms with E-state index in [9.17, 15) is 0 Å². The standard InChI is InChI=1S/C12H24N2S3/c1-2-3-4-5-6-7-8-9-10-14-12(16)17-11(13)15/h2-10H2,1H3,(H2,13,15)(H,14,16). The molecule has 17 heavy (non-hydrogen) atoms. The van der Waals surface area contributed by atoms with Crippen LogP contribution in [0.5, 0.6) is 0 Å². The third-order valence-corrected chi connectivity index (χ3v) is 3.67. The molecule has 0 radical (unpaired) electrons. The van der Waals surface area contributed by atoms with Crippen LogP contribution in [0.4, 0.5) is 0 Å². The SMILES string of the molecule is CCCCCCCCCCNC(=S)SC(N)=S. The molecule has 0 bridgehead atoms. The van der Waals surface area contributed by atoms with Crippen LogP contribution in [0.25, 0.3) is 0 Å². The maximum atomic E-state index is 5.37. The number of nitrogens with two attached hydrogens (primary N) is 1. The fraction of sp³-hybridized carbons (Fsp3) is 0.833. The van der Waals surface area contributed by atoms with Gasteiger partial charge in [0.1, 0.15) is 8.64 Å². The summed E-state index contributed by atoms with van der Waals surface area (Å²) in [7, 11) is 0. The van der Waals surface area contributed by atoms with Crippen LogP contribution >= 0.6 is 36.2 Å². The second-order valence-electron chi connectivity index (χ2n) is 4.11. The summed E-state index contributed by atoms with van der Waals surface area (Å²) < 4.78 is 1.08. The molecule has 0 amide bonds. The maximum absolute atomic E-state index is 5.37. The molecule has 0 aromatic carbocycles. The number of thiocarbonyl (C=S) groups is 2. The van der Waals surface area contributed by atoms with Crippen molar-refractivity contribution < 1.29 is 0 Å². The molecule has 0 unspecified atom stereocenters. The topological polar surface area (TPSA) is 38.0 Å². The number of rotatable bonds is 9. The average molecular weight is 293 g/mol. The zero-order valence-corrected chi connectivity index (χ0v) is 13.1. The van der Waals surface area contributed by atoms with E-state index in [1.54, 1.807) is 0 Å². The summed E-state index contributed by atoms with van der Waals surface area (Å²) in [4.78, 5) is 0. The van der Waals surface area contributed by atoms with Gasteiger partial charge in [-0.2, -0.15) is 0 Å². The first-order valence-electron chi connectivity index (χ1n) is 6.42. The Bertz CT molecular complexity index is 220. The minimum absolute atomic E-state index is 0.387. The van der Waals surface area contributed by atoms with E-state index in [1.165, 1.54) is 63.1 Å². The first kappa shape index (κ1) is 17.1. The Balaban J connectivity index is 3.13. The number of thioether (sulfide) groups is 1. The molecular weight excluding hydrogens is 268 g/mol. The summed E-state index contributed by atoms with van der Waals surface area (Å²) in [6.07, 6.45) is 10.6. The summed E-state index contributed by atoms with van der Waals surface area (Å²) in [6.45, 7) is 3.18. The van der Waals surface area contributed by atoms with Gasteiger partial charge < -0.3 is 11.1 Å². The smallest absolute Gasteiger partial charge is 0.140 e. The molecule has 3 N–H and O–H groups in total. The highest BCUT2D eigenvalue weighted by atomic mass is 32.2. The van der Waals surface area contributed by atoms with Gasteiger partial charge in [0.25, 0.3) is 0 Å². The van der Waals surface area contributed by atoms with Gasteiger partial charge in [-0.3, -0.25) is 0 Å². The maximum Gasteiger partial charge on any atom is 0.140 e. The Labute approximate surface area is 120 Å². The first-order valence-corrected chi connectivity index (χ1v) is 8.05. The minimum atomic E-state index is 0.387. The van der Waals surface area contributed by atoms with E-state index in [0.717, 1.165) is 6.54 Å². The highest BCUT2D eigenvalue weighted by molar-refractivity contribution is 8.37. The predicted molar refractivity (Wildman–Crippen MR) is 87.6 cm³/mol. The van der Waals surface area contributed by atoms with Crippen molar-refractivity contribution in [2.45, 2.75) is 58.3 Å². The lowest BCUT2D eigenvalue weighted by Gasteiger charge is -2.06. The lowest BCUT2D eigenvalue weighted by molar-refractivity contribution is 0.573. The molecule has 0 aliphatic heterocycles. The minimum Gasteiger partial charge on any atom is -0.384 e. The Morgan fingerprint density at radius 3 is 2.06 bits per heavy atom. The lowest BCUT2D eigenvalue weighted by atomic mass is 10.1. The molecule has 2 nitrogen and oxygen atoms in total. The second kappa shape index (κ2) is 12.6. The van der Waals surface area contributed by atoms with Crippen LogP contribution in [0.3, 0.4) is 0 Å². The molecule has 0 aromatic rings. The van der Waals surface area contributed by atoms with Crippen molar-refractivity contribution in [1.82, 2.24) is 5.32 Å². The van der Waals surface area contributed by atoms with Gasteiger partial charge in [0.05, 0.1) is 0 Å². The molecule has 5 heteroatoms. The number of hydrogen-bond acceptors (Lipinski definition) is 3. The lowest BCUT2D eigenvalue weighted by Crippen LogP contribution is -2.22. The summed E-state index contributed by atoms with van der Waals surface area (Å²) in [6, 6.07) is 0. The number of nitrogens with one attached hydrogen (secondary N) is 1. The van der Waals surface area contributed by atoms with E-state index in [0.29, 0.717) is 8.64 Å². The Morgan fingerprint density at radius 1 is 1.00 bits per heavy atom. The molecule has 0 spiro atoms. The normalized spacial score (nSPS) is 10.2. The van der Waals surface area contributed by atoms with E-state index in [2.05, 4.69) is 12.2 Å². The van der Waals surface area contributed by atoms with Crippen molar-refractivity contribution in [2.24, 2.45) is 5.73 Å². The molecule has 0 heterocycles. The highest BCUT2D eigenvalue weighted by Crippen LogP contribution is 2.08. The fourth-order valence-electron chi connectivity index (χ4n) is 1.58. The third kappa shape index (κ3) is 14.1. The van der Waals surface area contributed by atoms with Crippen molar-refractivity contribution >= 4 is 44.8 Å². The molecule has 0 aromatic heterocycles. The number of hydrogen-bond donors (Lipinski definition) is 2. The van der Waals surface area contributed by atoms with E-state index < -0.39 is 0 Å². The van der Waals surface area contributed by atoms with Gasteiger partial charge in [0.2, 0.25) is 0 Å². The molecule has 100 valence electrons. The van der Waals surface area contributed by atoms with Crippen LogP contribution in [0.15, 0.2) is 0 Å². The van der Waals surface area contributed by atoms with Gasteiger partial charge in [-0.25, -0.2) is 0 Å². The largest absolute Gasteiger partial charge is 0.384 e. The van der Waals surface area contributed by atoms with E-state index in [-0.39, 0.29) is 0 Å². The zero-order chi connectivity index (χ0) is 12.9. The van der Waals surface area contributed by atoms with Crippen LogP contribution < -0.4 is 11.1 Å². The van der Waals surface area contributed by atoms with E-state index in [1.807, 2.05) is 0 Å². The van der Waals surface area contributed by atoms with Gasteiger partial charge in [0.15, 0.2) is 0 Å². The number of unbranched alkanes of at least 4 members (excludes halogenated alkanes) is 7. The predicted octanol–water partition coefficient (Wildman–Crippen LogP) is 3.98. The van der Waals surface area contributed by atoms with Crippen molar-refractivity contribution in [2.75, 3.05) is 6.54 Å². The molecule has 0 rings (SSSR count). The monoisotopic (exact) mass is 292 g/mol. The van der Waals surface area contributed by atoms with Crippen LogP contribution in [-0.4, -0.2) is 15.2 Å². The van der Waals surface area contributed by atoms with Gasteiger partial charge >= 0.3 is 0 Å². The Kier molecular flexibility index (Phi) is 12.7. The fourth-order valence-corrected chi connectivity index (χ4v) is 2.71. The Hall–Kier alpha value is 0.130. The van der Waals surface area contributed by atoms with Gasteiger partial charge in [-0.15, -0.1) is 0 Å². The summed E-state index contributed by atoms with van der Waals surface area (Å²) in [5.41, 5.74) is 5.37. The third-order valence-electron chi connectivity index (χ3n) is 2.49. The van der Waals surface area contributed by atoms with E-state index in [4.69, 9.17) is 30.2 Å². The van der Waals surface area contributed by atoms with Gasteiger partial charge in [-0.1, -0.05) is 76.3 Å². The molecule has 0 saturated heterocycles. The molecule has 0 aliphatic rings. The van der Waals surface area contributed by atoms with Crippen LogP contribution in [0.1, 0.15) is 58.3 Å². The summed E-state index contributed by atoms with van der Waals surface area (Å²) in [5, 5.41) is 3.15. The first-order chi connectivity index (χ1) is 8.16. The van der Waals surface area contributed by atoms with Crippen molar-refractivity contribution in [3.05, 3.63) is 0 Å². The van der Waals surface area contributed by atoms with Gasteiger partial charge in [-0.05, 0) is 18.2 Å². The molecule has 0 aliphatic carbocycles. The molecule has 0 saturated carbocycles. The summed E-state index contributed by atoms with van der Waals surface area (Å²) in [5.74, 6) is 0. The van der Waals surface area contributed by atoms with Crippen molar-refractivity contribution in [3.8, 4) is 0 Å². The molecule has 0 fully saturated rings. The average Bonchev–Trinajstić information content (AvgIpc) is 2.26. The van der Waals surface area contributed by atoms with Gasteiger partial charge in [0, 0.05) is 6.54 Å². The van der Waals surface area contributed by atoms with Crippen LogP contribution in [0, 0.1) is 0 Å². The Morgan fingerprint density at radius 2 is 1.53 bits per heavy atom. The van der Waals surface area contributed by atoms with Crippen molar-refractivity contribution in [3.63, 3.8) is 0 Å². The van der Waals surface area contributed by atoms with E-state index >= 15 is 0 Å². The highest BCUT2D eigenvalue weighted by Gasteiger charge is 1.98. The summed E-state index contributed by atoms with van der Waals surface area (Å²) >= 11 is 11.1. The molecular formula is C12H24N2S3. The quantitative estimate of drug-likeness (QED) is 0.497.